The molecule has 0 saturated heterocycles. The predicted octanol–water partition coefficient (Wildman–Crippen LogP) is 2.19. The van der Waals surface area contributed by atoms with Crippen molar-refractivity contribution in [1.29, 1.82) is 5.26 Å². The minimum absolute atomic E-state index is 0.0517. The molecule has 5 heteroatoms. The van der Waals surface area contributed by atoms with Crippen LogP contribution in [0, 0.1) is 17.2 Å². The molecule has 1 unspecified atom stereocenters. The summed E-state index contributed by atoms with van der Waals surface area (Å²) in [5.74, 6) is -1.18. The van der Waals surface area contributed by atoms with Crippen LogP contribution in [0.5, 0.6) is 0 Å². The number of amides is 1. The normalized spacial score (nSPS) is 11.8. The lowest BCUT2D eigenvalue weighted by Gasteiger charge is -2.12. The summed E-state index contributed by atoms with van der Waals surface area (Å²) >= 11 is 0. The van der Waals surface area contributed by atoms with Crippen LogP contribution in [-0.2, 0) is 9.59 Å². The van der Waals surface area contributed by atoms with E-state index in [1.165, 1.54) is 6.08 Å². The van der Waals surface area contributed by atoms with Gasteiger partial charge in [0, 0.05) is 19.0 Å². The van der Waals surface area contributed by atoms with E-state index in [1.54, 1.807) is 30.3 Å². The maximum atomic E-state index is 11.6. The van der Waals surface area contributed by atoms with Crippen molar-refractivity contribution in [3.8, 4) is 6.07 Å². The molecule has 0 spiro atoms. The second kappa shape index (κ2) is 8.54. The zero-order valence-corrected chi connectivity index (χ0v) is 11.9. The van der Waals surface area contributed by atoms with E-state index < -0.39 is 5.97 Å². The Labute approximate surface area is 123 Å². The number of carboxylic acids is 1. The molecule has 0 aliphatic rings. The Morgan fingerprint density at radius 3 is 2.57 bits per heavy atom. The van der Waals surface area contributed by atoms with Crippen molar-refractivity contribution in [1.82, 2.24) is 5.32 Å². The van der Waals surface area contributed by atoms with Gasteiger partial charge in [0.25, 0.3) is 0 Å². The SMILES string of the molecule is CCC(CNC(=O)/C=C/c1ccc(C#N)cc1)CC(=O)O. The summed E-state index contributed by atoms with van der Waals surface area (Å²) in [6.45, 7) is 2.24. The van der Waals surface area contributed by atoms with Crippen LogP contribution in [-0.4, -0.2) is 23.5 Å². The number of aliphatic carboxylic acids is 1. The lowest BCUT2D eigenvalue weighted by Crippen LogP contribution is -2.28. The average molecular weight is 286 g/mol. The lowest BCUT2D eigenvalue weighted by atomic mass is 10.0. The smallest absolute Gasteiger partial charge is 0.303 e. The summed E-state index contributed by atoms with van der Waals surface area (Å²) in [5, 5.41) is 20.1. The second-order valence-electron chi connectivity index (χ2n) is 4.68. The fourth-order valence-electron chi connectivity index (χ4n) is 1.75. The topological polar surface area (TPSA) is 90.2 Å². The van der Waals surface area contributed by atoms with Gasteiger partial charge < -0.3 is 10.4 Å². The van der Waals surface area contributed by atoms with Gasteiger partial charge in [-0.3, -0.25) is 9.59 Å². The molecular weight excluding hydrogens is 268 g/mol. The molecule has 110 valence electrons. The average Bonchev–Trinajstić information content (AvgIpc) is 2.49. The van der Waals surface area contributed by atoms with E-state index in [0.717, 1.165) is 5.56 Å². The van der Waals surface area contributed by atoms with E-state index in [9.17, 15) is 9.59 Å². The molecule has 1 amide bonds. The molecule has 5 nitrogen and oxygen atoms in total. The highest BCUT2D eigenvalue weighted by atomic mass is 16.4. The Hall–Kier alpha value is -2.61. The highest BCUT2D eigenvalue weighted by molar-refractivity contribution is 5.91. The zero-order chi connectivity index (χ0) is 15.7. The molecule has 1 aromatic rings. The summed E-state index contributed by atoms with van der Waals surface area (Å²) in [6.07, 6.45) is 3.80. The Balaban J connectivity index is 2.47. The molecular formula is C16H18N2O3. The minimum atomic E-state index is -0.857. The van der Waals surface area contributed by atoms with Crippen molar-refractivity contribution in [2.45, 2.75) is 19.8 Å². The van der Waals surface area contributed by atoms with Crippen LogP contribution >= 0.6 is 0 Å². The number of hydrogen-bond donors (Lipinski definition) is 2. The number of carboxylic acid groups (broad SMARTS) is 1. The van der Waals surface area contributed by atoms with Crippen LogP contribution in [0.15, 0.2) is 30.3 Å². The summed E-state index contributed by atoms with van der Waals surface area (Å²) < 4.78 is 0. The molecule has 0 fully saturated rings. The van der Waals surface area contributed by atoms with E-state index in [4.69, 9.17) is 10.4 Å². The Morgan fingerprint density at radius 1 is 1.38 bits per heavy atom. The van der Waals surface area contributed by atoms with Gasteiger partial charge in [0.05, 0.1) is 11.6 Å². The first-order chi connectivity index (χ1) is 10.0. The van der Waals surface area contributed by atoms with E-state index in [0.29, 0.717) is 18.5 Å². The van der Waals surface area contributed by atoms with Crippen LogP contribution in [0.25, 0.3) is 6.08 Å². The van der Waals surface area contributed by atoms with Crippen LogP contribution in [0.3, 0.4) is 0 Å². The Bertz CT molecular complexity index is 556. The Kier molecular flexibility index (Phi) is 6.69. The maximum Gasteiger partial charge on any atom is 0.303 e. The largest absolute Gasteiger partial charge is 0.481 e. The first-order valence-electron chi connectivity index (χ1n) is 6.73. The molecule has 1 aromatic carbocycles. The van der Waals surface area contributed by atoms with E-state index in [2.05, 4.69) is 5.32 Å². The standard InChI is InChI=1S/C16H18N2O3/c1-2-12(9-16(20)21)11-18-15(19)8-7-13-3-5-14(10-17)6-4-13/h3-8,12H,2,9,11H2,1H3,(H,18,19)(H,20,21)/b8-7+. The molecule has 0 heterocycles. The number of carbonyl (C=O) groups is 2. The third kappa shape index (κ3) is 6.39. The van der Waals surface area contributed by atoms with Gasteiger partial charge in [-0.2, -0.15) is 5.26 Å². The molecule has 0 aromatic heterocycles. The van der Waals surface area contributed by atoms with Gasteiger partial charge in [0.15, 0.2) is 0 Å². The monoisotopic (exact) mass is 286 g/mol. The van der Waals surface area contributed by atoms with E-state index in [1.807, 2.05) is 13.0 Å². The number of nitrogens with zero attached hydrogens (tertiary/aromatic N) is 1. The molecule has 0 saturated carbocycles. The van der Waals surface area contributed by atoms with Crippen LogP contribution in [0.1, 0.15) is 30.9 Å². The van der Waals surface area contributed by atoms with Crippen LogP contribution in [0.2, 0.25) is 0 Å². The molecule has 1 atom stereocenters. The van der Waals surface area contributed by atoms with Gasteiger partial charge in [-0.25, -0.2) is 0 Å². The van der Waals surface area contributed by atoms with Gasteiger partial charge >= 0.3 is 5.97 Å². The number of nitriles is 1. The Morgan fingerprint density at radius 2 is 2.05 bits per heavy atom. The summed E-state index contributed by atoms with van der Waals surface area (Å²) in [4.78, 5) is 22.3. The van der Waals surface area contributed by atoms with Crippen molar-refractivity contribution in [2.24, 2.45) is 5.92 Å². The first kappa shape index (κ1) is 16.4. The van der Waals surface area contributed by atoms with Crippen molar-refractivity contribution in [2.75, 3.05) is 6.54 Å². The number of rotatable bonds is 7. The summed E-state index contributed by atoms with van der Waals surface area (Å²) in [6, 6.07) is 8.88. The lowest BCUT2D eigenvalue weighted by molar-refractivity contribution is -0.138. The fourth-order valence-corrected chi connectivity index (χ4v) is 1.75. The van der Waals surface area contributed by atoms with Gasteiger partial charge in [-0.1, -0.05) is 25.5 Å². The maximum absolute atomic E-state index is 11.6. The molecule has 2 N–H and O–H groups in total. The first-order valence-corrected chi connectivity index (χ1v) is 6.73. The van der Waals surface area contributed by atoms with Crippen molar-refractivity contribution in [3.63, 3.8) is 0 Å². The van der Waals surface area contributed by atoms with Crippen LogP contribution in [0.4, 0.5) is 0 Å². The molecule has 1 rings (SSSR count). The molecule has 21 heavy (non-hydrogen) atoms. The van der Waals surface area contributed by atoms with Crippen molar-refractivity contribution < 1.29 is 14.7 Å². The molecule has 0 radical (unpaired) electrons. The van der Waals surface area contributed by atoms with Crippen molar-refractivity contribution >= 4 is 18.0 Å². The highest BCUT2D eigenvalue weighted by Gasteiger charge is 2.11. The highest BCUT2D eigenvalue weighted by Crippen LogP contribution is 2.07. The number of hydrogen-bond acceptors (Lipinski definition) is 3. The molecule has 0 aliphatic heterocycles. The van der Waals surface area contributed by atoms with Gasteiger partial charge in [0.1, 0.15) is 0 Å². The fraction of sp³-hybridized carbons (Fsp3) is 0.312. The quantitative estimate of drug-likeness (QED) is 0.752. The van der Waals surface area contributed by atoms with E-state index in [-0.39, 0.29) is 18.2 Å². The molecule has 0 bridgehead atoms. The van der Waals surface area contributed by atoms with Gasteiger partial charge in [0.2, 0.25) is 5.91 Å². The van der Waals surface area contributed by atoms with Gasteiger partial charge in [-0.15, -0.1) is 0 Å². The number of carbonyl (C=O) groups excluding carboxylic acids is 1. The summed E-state index contributed by atoms with van der Waals surface area (Å²) in [7, 11) is 0. The van der Waals surface area contributed by atoms with Crippen LogP contribution < -0.4 is 5.32 Å². The van der Waals surface area contributed by atoms with Gasteiger partial charge in [-0.05, 0) is 29.7 Å². The predicted molar refractivity (Wildman–Crippen MR) is 79.2 cm³/mol. The number of nitrogens with one attached hydrogen (secondary N) is 1. The third-order valence-corrected chi connectivity index (χ3v) is 3.07. The molecule has 0 aliphatic carbocycles. The summed E-state index contributed by atoms with van der Waals surface area (Å²) in [5.41, 5.74) is 1.39. The number of benzene rings is 1. The van der Waals surface area contributed by atoms with E-state index >= 15 is 0 Å². The third-order valence-electron chi connectivity index (χ3n) is 3.07. The zero-order valence-electron chi connectivity index (χ0n) is 11.9. The minimum Gasteiger partial charge on any atom is -0.481 e. The second-order valence-corrected chi connectivity index (χ2v) is 4.68. The van der Waals surface area contributed by atoms with Crippen molar-refractivity contribution in [3.05, 3.63) is 41.5 Å².